The lowest BCUT2D eigenvalue weighted by molar-refractivity contribution is -0.143. The molecule has 0 aromatic heterocycles. The number of aliphatic hydroxyl groups is 2. The quantitative estimate of drug-likeness (QED) is 0.0320. The van der Waals surface area contributed by atoms with Crippen molar-refractivity contribution in [3.8, 4) is 0 Å². The predicted octanol–water partition coefficient (Wildman–Crippen LogP) is 26.2. The van der Waals surface area contributed by atoms with Crippen LogP contribution in [0.25, 0.3) is 0 Å². The summed E-state index contributed by atoms with van der Waals surface area (Å²) in [5.74, 6) is -0.0471. The van der Waals surface area contributed by atoms with Gasteiger partial charge >= 0.3 is 5.97 Å². The first-order valence-electron chi connectivity index (χ1n) is 39.8. The van der Waals surface area contributed by atoms with Crippen molar-refractivity contribution in [2.24, 2.45) is 0 Å². The maximum absolute atomic E-state index is 12.5. The third-order valence-corrected chi connectivity index (χ3v) is 18.6. The SMILES string of the molecule is CCCCCCCCC/C=C\CCCCCCCC(=O)OCCCCCCCCCCCCCCCC/C=C\CCCCCCCCCCCCCCCCCCCC(=O)NC(CO)C(O)/C=C/CCCCCCCCCCCCCCCCCCC. The minimum Gasteiger partial charge on any atom is -0.466 e. The Balaban J connectivity index is 3.36. The number of carbonyl (C=O) groups is 2. The van der Waals surface area contributed by atoms with E-state index in [1.807, 2.05) is 6.08 Å². The Morgan fingerprint density at radius 1 is 0.310 bits per heavy atom. The zero-order valence-corrected chi connectivity index (χ0v) is 59.0. The molecule has 514 valence electrons. The topological polar surface area (TPSA) is 95.9 Å². The molecule has 0 aromatic carbocycles. The summed E-state index contributed by atoms with van der Waals surface area (Å²) < 4.78 is 5.50. The van der Waals surface area contributed by atoms with Crippen molar-refractivity contribution in [2.45, 2.75) is 456 Å². The number of aliphatic hydroxyl groups excluding tert-OH is 2. The predicted molar refractivity (Wildman–Crippen MR) is 384 cm³/mol. The lowest BCUT2D eigenvalue weighted by atomic mass is 10.0. The van der Waals surface area contributed by atoms with E-state index in [1.54, 1.807) is 6.08 Å². The number of nitrogens with one attached hydrogen (secondary N) is 1. The average molecular weight is 1220 g/mol. The van der Waals surface area contributed by atoms with Gasteiger partial charge in [-0.2, -0.15) is 0 Å². The molecule has 0 saturated carbocycles. The van der Waals surface area contributed by atoms with Crippen LogP contribution in [0.2, 0.25) is 0 Å². The van der Waals surface area contributed by atoms with Gasteiger partial charge in [0.05, 0.1) is 25.4 Å². The fourth-order valence-corrected chi connectivity index (χ4v) is 12.6. The summed E-state index contributed by atoms with van der Waals surface area (Å²) in [4.78, 5) is 24.6. The van der Waals surface area contributed by atoms with Crippen molar-refractivity contribution < 1.29 is 24.5 Å². The molecule has 0 aliphatic heterocycles. The van der Waals surface area contributed by atoms with Gasteiger partial charge in [-0.05, 0) is 83.5 Å². The molecule has 0 bridgehead atoms. The Morgan fingerprint density at radius 3 is 0.816 bits per heavy atom. The van der Waals surface area contributed by atoms with Crippen LogP contribution in [0.4, 0.5) is 0 Å². The average Bonchev–Trinajstić information content (AvgIpc) is 3.53. The van der Waals surface area contributed by atoms with Crippen LogP contribution in [0, 0.1) is 0 Å². The van der Waals surface area contributed by atoms with E-state index in [9.17, 15) is 19.8 Å². The highest BCUT2D eigenvalue weighted by molar-refractivity contribution is 5.76. The number of unbranched alkanes of at least 4 members (excludes halogenated alkanes) is 60. The molecule has 0 spiro atoms. The van der Waals surface area contributed by atoms with Crippen molar-refractivity contribution in [2.75, 3.05) is 13.2 Å². The van der Waals surface area contributed by atoms with Gasteiger partial charge in [-0.25, -0.2) is 0 Å². The molecule has 0 radical (unpaired) electrons. The van der Waals surface area contributed by atoms with Gasteiger partial charge in [0.15, 0.2) is 0 Å². The molecular formula is C81H155NO5. The number of amides is 1. The van der Waals surface area contributed by atoms with Gasteiger partial charge < -0.3 is 20.3 Å². The maximum Gasteiger partial charge on any atom is 0.305 e. The van der Waals surface area contributed by atoms with Crippen molar-refractivity contribution in [3.63, 3.8) is 0 Å². The molecule has 2 unspecified atom stereocenters. The Hall–Kier alpha value is -1.92. The zero-order chi connectivity index (χ0) is 62.8. The van der Waals surface area contributed by atoms with Crippen molar-refractivity contribution in [1.82, 2.24) is 5.32 Å². The standard InChI is InChI=1S/C81H155NO5/c1-3-5-7-9-11-13-15-17-19-21-39-42-45-49-53-57-61-65-69-73-79(84)78(77-83)82-80(85)74-70-66-62-58-54-50-46-43-40-37-35-33-31-29-27-25-23-22-24-26-28-30-32-34-36-38-41-44-48-52-56-60-64-68-72-76-87-81(86)75-71-67-63-59-55-51-47-20-18-16-14-12-10-8-6-4-2/h20,24,26,47,69,73,78-79,83-84H,3-19,21-23,25,27-46,48-68,70-72,74-77H2,1-2H3,(H,82,85)/b26-24-,47-20-,73-69+. The summed E-state index contributed by atoms with van der Waals surface area (Å²) >= 11 is 0. The Kier molecular flexibility index (Phi) is 74.8. The summed E-state index contributed by atoms with van der Waals surface area (Å²) in [5.41, 5.74) is 0. The third-order valence-electron chi connectivity index (χ3n) is 18.6. The van der Waals surface area contributed by atoms with Gasteiger partial charge in [-0.15, -0.1) is 0 Å². The first kappa shape index (κ1) is 85.1. The third kappa shape index (κ3) is 73.0. The molecule has 0 saturated heterocycles. The summed E-state index contributed by atoms with van der Waals surface area (Å²) in [5, 5.41) is 23.3. The monoisotopic (exact) mass is 1220 g/mol. The van der Waals surface area contributed by atoms with Crippen molar-refractivity contribution in [1.29, 1.82) is 0 Å². The Bertz CT molecular complexity index is 1410. The second-order valence-corrected chi connectivity index (χ2v) is 27.4. The molecule has 3 N–H and O–H groups in total. The normalized spacial score (nSPS) is 12.6. The van der Waals surface area contributed by atoms with Gasteiger partial charge in [-0.3, -0.25) is 9.59 Å². The number of hydrogen-bond donors (Lipinski definition) is 3. The molecular weight excluding hydrogens is 1070 g/mol. The van der Waals surface area contributed by atoms with Crippen LogP contribution in [-0.2, 0) is 14.3 Å². The molecule has 0 aromatic rings. The Morgan fingerprint density at radius 2 is 0.540 bits per heavy atom. The Labute approximate surface area is 544 Å². The molecule has 6 nitrogen and oxygen atoms in total. The number of rotatable bonds is 75. The lowest BCUT2D eigenvalue weighted by Crippen LogP contribution is -2.45. The first-order chi connectivity index (χ1) is 43.0. The van der Waals surface area contributed by atoms with Gasteiger partial charge in [0.1, 0.15) is 0 Å². The highest BCUT2D eigenvalue weighted by Crippen LogP contribution is 2.19. The molecule has 2 atom stereocenters. The molecule has 1 amide bonds. The van der Waals surface area contributed by atoms with Gasteiger partial charge in [0.2, 0.25) is 5.91 Å². The summed E-state index contributed by atoms with van der Waals surface area (Å²) in [6.07, 6.45) is 99.8. The van der Waals surface area contributed by atoms with Crippen LogP contribution >= 0.6 is 0 Å². The molecule has 87 heavy (non-hydrogen) atoms. The molecule has 0 fully saturated rings. The minimum absolute atomic E-state index is 0.0133. The first-order valence-corrected chi connectivity index (χ1v) is 39.8. The summed E-state index contributed by atoms with van der Waals surface area (Å²) in [6, 6.07) is -0.626. The maximum atomic E-state index is 12.5. The van der Waals surface area contributed by atoms with Gasteiger partial charge in [0.25, 0.3) is 0 Å². The van der Waals surface area contributed by atoms with Gasteiger partial charge in [0, 0.05) is 12.8 Å². The number of hydrogen-bond acceptors (Lipinski definition) is 5. The molecule has 0 aliphatic carbocycles. The van der Waals surface area contributed by atoms with Gasteiger partial charge in [-0.1, -0.05) is 384 Å². The second kappa shape index (κ2) is 76.5. The largest absolute Gasteiger partial charge is 0.466 e. The van der Waals surface area contributed by atoms with E-state index < -0.39 is 12.1 Å². The van der Waals surface area contributed by atoms with E-state index in [-0.39, 0.29) is 18.5 Å². The lowest BCUT2D eigenvalue weighted by Gasteiger charge is -2.20. The minimum atomic E-state index is -0.843. The summed E-state index contributed by atoms with van der Waals surface area (Å²) in [7, 11) is 0. The van der Waals surface area contributed by atoms with Crippen LogP contribution < -0.4 is 5.32 Å². The fraction of sp³-hybridized carbons (Fsp3) is 0.901. The van der Waals surface area contributed by atoms with Crippen LogP contribution in [0.5, 0.6) is 0 Å². The van der Waals surface area contributed by atoms with E-state index in [0.717, 1.165) is 44.9 Å². The molecule has 0 aliphatic rings. The number of allylic oxidation sites excluding steroid dienone is 5. The molecule has 0 rings (SSSR count). The second-order valence-electron chi connectivity index (χ2n) is 27.4. The fourth-order valence-electron chi connectivity index (χ4n) is 12.6. The van der Waals surface area contributed by atoms with E-state index in [0.29, 0.717) is 19.4 Å². The van der Waals surface area contributed by atoms with Crippen LogP contribution in [-0.4, -0.2) is 47.4 Å². The number of ether oxygens (including phenoxy) is 1. The number of carbonyl (C=O) groups excluding carboxylic acids is 2. The van der Waals surface area contributed by atoms with E-state index >= 15 is 0 Å². The molecule has 6 heteroatoms. The van der Waals surface area contributed by atoms with E-state index in [2.05, 4.69) is 43.5 Å². The zero-order valence-electron chi connectivity index (χ0n) is 59.0. The highest BCUT2D eigenvalue weighted by atomic mass is 16.5. The molecule has 0 heterocycles. The van der Waals surface area contributed by atoms with Crippen LogP contribution in [0.1, 0.15) is 444 Å². The van der Waals surface area contributed by atoms with Crippen molar-refractivity contribution in [3.05, 3.63) is 36.5 Å². The number of esters is 1. The smallest absolute Gasteiger partial charge is 0.305 e. The van der Waals surface area contributed by atoms with E-state index in [4.69, 9.17) is 4.74 Å². The van der Waals surface area contributed by atoms with Crippen LogP contribution in [0.15, 0.2) is 36.5 Å². The van der Waals surface area contributed by atoms with Crippen molar-refractivity contribution >= 4 is 11.9 Å². The summed E-state index contributed by atoms with van der Waals surface area (Å²) in [6.45, 7) is 4.94. The van der Waals surface area contributed by atoms with E-state index in [1.165, 1.54) is 372 Å². The highest BCUT2D eigenvalue weighted by Gasteiger charge is 2.18. The van der Waals surface area contributed by atoms with Crippen LogP contribution in [0.3, 0.4) is 0 Å².